The van der Waals surface area contributed by atoms with Gasteiger partial charge in [0.05, 0.1) is 17.4 Å². The molecule has 4 heteroatoms. The molecule has 0 spiro atoms. The van der Waals surface area contributed by atoms with Crippen molar-refractivity contribution in [3.8, 4) is 0 Å². The molecule has 0 radical (unpaired) electrons. The maximum Gasteiger partial charge on any atom is 0.0931 e. The van der Waals surface area contributed by atoms with Crippen molar-refractivity contribution in [3.05, 3.63) is 48.8 Å². The first kappa shape index (κ1) is 11.6. The van der Waals surface area contributed by atoms with E-state index in [4.69, 9.17) is 0 Å². The molecule has 1 heterocycles. The van der Waals surface area contributed by atoms with Crippen LogP contribution in [0, 0.1) is 0 Å². The zero-order valence-electron chi connectivity index (χ0n) is 11.0. The van der Waals surface area contributed by atoms with Crippen LogP contribution in [0.25, 0.3) is 11.0 Å². The van der Waals surface area contributed by atoms with Crippen molar-refractivity contribution in [2.45, 2.75) is 0 Å². The maximum atomic E-state index is 4.24. The molecular formula is C15H16N4. The molecule has 3 aromatic rings. The summed E-state index contributed by atoms with van der Waals surface area (Å²) >= 11 is 0. The highest BCUT2D eigenvalue weighted by atomic mass is 15.1. The third-order valence-electron chi connectivity index (χ3n) is 3.31. The van der Waals surface area contributed by atoms with Crippen LogP contribution in [0.2, 0.25) is 0 Å². The van der Waals surface area contributed by atoms with Gasteiger partial charge in [-0.25, -0.2) is 4.98 Å². The second kappa shape index (κ2) is 4.65. The van der Waals surface area contributed by atoms with Gasteiger partial charge in [0.2, 0.25) is 0 Å². The Morgan fingerprint density at radius 1 is 1.11 bits per heavy atom. The molecule has 0 atom stereocenters. The topological polar surface area (TPSA) is 44.0 Å². The molecule has 2 aromatic carbocycles. The zero-order chi connectivity index (χ0) is 13.2. The van der Waals surface area contributed by atoms with Crippen LogP contribution in [-0.4, -0.2) is 24.1 Å². The van der Waals surface area contributed by atoms with Crippen molar-refractivity contribution in [1.29, 1.82) is 0 Å². The molecule has 0 saturated heterocycles. The largest absolute Gasteiger partial charge is 0.388 e. The first-order valence-electron chi connectivity index (χ1n) is 6.22. The summed E-state index contributed by atoms with van der Waals surface area (Å²) in [7, 11) is 3.99. The SMILES string of the molecule is CNc1cccc(N(C)c2ccc3nc[nH]c3c2)c1. The Labute approximate surface area is 112 Å². The van der Waals surface area contributed by atoms with Crippen molar-refractivity contribution in [2.75, 3.05) is 24.3 Å². The fraction of sp³-hybridized carbons (Fsp3) is 0.133. The third-order valence-corrected chi connectivity index (χ3v) is 3.31. The van der Waals surface area contributed by atoms with E-state index in [2.05, 4.69) is 57.6 Å². The minimum absolute atomic E-state index is 0.987. The number of aromatic amines is 1. The molecule has 3 rings (SSSR count). The van der Waals surface area contributed by atoms with E-state index in [0.29, 0.717) is 0 Å². The molecule has 96 valence electrons. The van der Waals surface area contributed by atoms with Gasteiger partial charge in [0.25, 0.3) is 0 Å². The van der Waals surface area contributed by atoms with Gasteiger partial charge in [0.1, 0.15) is 0 Å². The Bertz CT molecular complexity index is 702. The van der Waals surface area contributed by atoms with Crippen molar-refractivity contribution in [3.63, 3.8) is 0 Å². The van der Waals surface area contributed by atoms with Gasteiger partial charge in [-0.1, -0.05) is 6.07 Å². The Morgan fingerprint density at radius 2 is 1.95 bits per heavy atom. The summed E-state index contributed by atoms with van der Waals surface area (Å²) < 4.78 is 0. The maximum absolute atomic E-state index is 4.24. The van der Waals surface area contributed by atoms with E-state index in [9.17, 15) is 0 Å². The number of benzene rings is 2. The molecule has 0 aliphatic heterocycles. The highest BCUT2D eigenvalue weighted by molar-refractivity contribution is 5.81. The van der Waals surface area contributed by atoms with Gasteiger partial charge in [-0.2, -0.15) is 0 Å². The zero-order valence-corrected chi connectivity index (χ0v) is 11.0. The minimum atomic E-state index is 0.987. The Hall–Kier alpha value is -2.49. The normalized spacial score (nSPS) is 10.6. The van der Waals surface area contributed by atoms with Crippen LogP contribution in [-0.2, 0) is 0 Å². The summed E-state index contributed by atoms with van der Waals surface area (Å²) in [5, 5.41) is 3.16. The smallest absolute Gasteiger partial charge is 0.0931 e. The Kier molecular flexibility index (Phi) is 2.83. The second-order valence-electron chi connectivity index (χ2n) is 4.46. The van der Waals surface area contributed by atoms with Gasteiger partial charge in [-0.3, -0.25) is 0 Å². The molecule has 0 fully saturated rings. The van der Waals surface area contributed by atoms with Gasteiger partial charge >= 0.3 is 0 Å². The molecule has 0 bridgehead atoms. The second-order valence-corrected chi connectivity index (χ2v) is 4.46. The monoisotopic (exact) mass is 252 g/mol. The molecule has 19 heavy (non-hydrogen) atoms. The highest BCUT2D eigenvalue weighted by Crippen LogP contribution is 2.27. The molecule has 0 unspecified atom stereocenters. The molecule has 1 aromatic heterocycles. The van der Waals surface area contributed by atoms with E-state index < -0.39 is 0 Å². The van der Waals surface area contributed by atoms with Crippen molar-refractivity contribution in [1.82, 2.24) is 9.97 Å². The van der Waals surface area contributed by atoms with Gasteiger partial charge in [0, 0.05) is 31.2 Å². The van der Waals surface area contributed by atoms with Crippen molar-refractivity contribution >= 4 is 28.1 Å². The summed E-state index contributed by atoms with van der Waals surface area (Å²) in [5.41, 5.74) is 5.41. The predicted molar refractivity (Wildman–Crippen MR) is 80.1 cm³/mol. The van der Waals surface area contributed by atoms with E-state index in [1.165, 1.54) is 0 Å². The number of imidazole rings is 1. The highest BCUT2D eigenvalue weighted by Gasteiger charge is 2.06. The molecule has 0 aliphatic carbocycles. The fourth-order valence-electron chi connectivity index (χ4n) is 2.15. The third kappa shape index (κ3) is 2.12. The molecule has 4 nitrogen and oxygen atoms in total. The van der Waals surface area contributed by atoms with E-state index in [1.54, 1.807) is 6.33 Å². The van der Waals surface area contributed by atoms with Gasteiger partial charge in [0.15, 0.2) is 0 Å². The summed E-state index contributed by atoms with van der Waals surface area (Å²) in [6.45, 7) is 0. The average Bonchev–Trinajstić information content (AvgIpc) is 2.94. The van der Waals surface area contributed by atoms with Gasteiger partial charge < -0.3 is 15.2 Å². The first-order chi connectivity index (χ1) is 9.28. The van der Waals surface area contributed by atoms with Crippen LogP contribution < -0.4 is 10.2 Å². The van der Waals surface area contributed by atoms with Crippen LogP contribution >= 0.6 is 0 Å². The predicted octanol–water partition coefficient (Wildman–Crippen LogP) is 3.37. The van der Waals surface area contributed by atoms with E-state index in [-0.39, 0.29) is 0 Å². The molecule has 0 aliphatic rings. The van der Waals surface area contributed by atoms with E-state index in [0.717, 1.165) is 28.1 Å². The van der Waals surface area contributed by atoms with Gasteiger partial charge in [-0.15, -0.1) is 0 Å². The fourth-order valence-corrected chi connectivity index (χ4v) is 2.15. The van der Waals surface area contributed by atoms with E-state index >= 15 is 0 Å². The lowest BCUT2D eigenvalue weighted by Crippen LogP contribution is -2.09. The summed E-state index contributed by atoms with van der Waals surface area (Å²) in [6.07, 6.45) is 1.72. The summed E-state index contributed by atoms with van der Waals surface area (Å²) in [4.78, 5) is 9.53. The molecule has 0 saturated carbocycles. The average molecular weight is 252 g/mol. The molecule has 2 N–H and O–H groups in total. The summed E-state index contributed by atoms with van der Waals surface area (Å²) in [5.74, 6) is 0. The Morgan fingerprint density at radius 3 is 2.79 bits per heavy atom. The van der Waals surface area contributed by atoms with E-state index in [1.807, 2.05) is 19.2 Å². The number of fused-ring (bicyclic) bond motifs is 1. The van der Waals surface area contributed by atoms with Crippen molar-refractivity contribution < 1.29 is 0 Å². The number of H-pyrrole nitrogens is 1. The van der Waals surface area contributed by atoms with Crippen LogP contribution in [0.1, 0.15) is 0 Å². The van der Waals surface area contributed by atoms with Crippen LogP contribution in [0.4, 0.5) is 17.1 Å². The standard InChI is InChI=1S/C15H16N4/c1-16-11-4-3-5-12(8-11)19(2)13-6-7-14-15(9-13)18-10-17-14/h3-10,16H,1-2H3,(H,17,18). The lowest BCUT2D eigenvalue weighted by molar-refractivity contribution is 1.21. The molecular weight excluding hydrogens is 236 g/mol. The first-order valence-corrected chi connectivity index (χ1v) is 6.22. The van der Waals surface area contributed by atoms with Crippen molar-refractivity contribution in [2.24, 2.45) is 0 Å². The number of anilines is 3. The molecule has 0 amide bonds. The lowest BCUT2D eigenvalue weighted by atomic mass is 10.2. The minimum Gasteiger partial charge on any atom is -0.388 e. The quantitative estimate of drug-likeness (QED) is 0.751. The number of nitrogens with one attached hydrogen (secondary N) is 2. The van der Waals surface area contributed by atoms with Crippen LogP contribution in [0.15, 0.2) is 48.8 Å². The lowest BCUT2D eigenvalue weighted by Gasteiger charge is -2.20. The van der Waals surface area contributed by atoms with Gasteiger partial charge in [-0.05, 0) is 36.4 Å². The number of hydrogen-bond acceptors (Lipinski definition) is 3. The van der Waals surface area contributed by atoms with Crippen LogP contribution in [0.5, 0.6) is 0 Å². The Balaban J connectivity index is 1.99. The number of hydrogen-bond donors (Lipinski definition) is 2. The summed E-state index contributed by atoms with van der Waals surface area (Å²) in [6, 6.07) is 14.5. The number of nitrogens with zero attached hydrogens (tertiary/aromatic N) is 2. The number of aromatic nitrogens is 2. The van der Waals surface area contributed by atoms with Crippen LogP contribution in [0.3, 0.4) is 0 Å². The number of rotatable bonds is 3.